The highest BCUT2D eigenvalue weighted by Gasteiger charge is 2.13. The summed E-state index contributed by atoms with van der Waals surface area (Å²) in [4.78, 5) is 11.6. The highest BCUT2D eigenvalue weighted by Crippen LogP contribution is 2.13. The van der Waals surface area contributed by atoms with E-state index in [2.05, 4.69) is 25.1 Å². The van der Waals surface area contributed by atoms with Crippen molar-refractivity contribution in [2.45, 2.75) is 46.0 Å². The summed E-state index contributed by atoms with van der Waals surface area (Å²) in [7, 11) is 0. The molecular formula is C14H26N2O. The molecular weight excluding hydrogens is 212 g/mol. The minimum absolute atomic E-state index is 0.113. The summed E-state index contributed by atoms with van der Waals surface area (Å²) in [5.74, 6) is 3.60. The van der Waals surface area contributed by atoms with Gasteiger partial charge < -0.3 is 11.1 Å². The number of unbranched alkanes of at least 4 members (excludes halogenated alkanes) is 2. The van der Waals surface area contributed by atoms with Crippen LogP contribution in [0.4, 0.5) is 0 Å². The zero-order valence-electron chi connectivity index (χ0n) is 11.2. The van der Waals surface area contributed by atoms with E-state index < -0.39 is 0 Å². The predicted octanol–water partition coefficient (Wildman–Crippen LogP) is 1.92. The van der Waals surface area contributed by atoms with Crippen molar-refractivity contribution >= 4 is 5.91 Å². The molecule has 0 heterocycles. The largest absolute Gasteiger partial charge is 0.356 e. The van der Waals surface area contributed by atoms with Crippen LogP contribution < -0.4 is 11.1 Å². The highest BCUT2D eigenvalue weighted by molar-refractivity contribution is 5.76. The second kappa shape index (κ2) is 10.2. The molecule has 1 atom stereocenters. The van der Waals surface area contributed by atoms with Gasteiger partial charge >= 0.3 is 0 Å². The number of hydrogen-bond acceptors (Lipinski definition) is 2. The number of carbonyl (C=O) groups excluding carboxylic acids is 1. The fraction of sp³-hybridized carbons (Fsp3) is 0.786. The SMILES string of the molecule is C#CCCCCNC(=O)C[C@@H](CN)CC(C)C. The minimum Gasteiger partial charge on any atom is -0.356 e. The monoisotopic (exact) mass is 238 g/mol. The van der Waals surface area contributed by atoms with E-state index in [1.807, 2.05) is 0 Å². The molecule has 1 amide bonds. The molecule has 3 N–H and O–H groups in total. The fourth-order valence-corrected chi connectivity index (χ4v) is 1.84. The summed E-state index contributed by atoms with van der Waals surface area (Å²) in [6, 6.07) is 0. The van der Waals surface area contributed by atoms with Gasteiger partial charge in [0.25, 0.3) is 0 Å². The summed E-state index contributed by atoms with van der Waals surface area (Å²) in [6.45, 7) is 5.61. The van der Waals surface area contributed by atoms with Crippen LogP contribution in [-0.2, 0) is 4.79 Å². The van der Waals surface area contributed by atoms with Crippen molar-refractivity contribution in [3.8, 4) is 12.3 Å². The summed E-state index contributed by atoms with van der Waals surface area (Å²) in [5.41, 5.74) is 5.66. The highest BCUT2D eigenvalue weighted by atomic mass is 16.1. The van der Waals surface area contributed by atoms with E-state index in [-0.39, 0.29) is 5.91 Å². The van der Waals surface area contributed by atoms with Crippen molar-refractivity contribution in [1.82, 2.24) is 5.32 Å². The molecule has 0 unspecified atom stereocenters. The maximum atomic E-state index is 11.6. The lowest BCUT2D eigenvalue weighted by molar-refractivity contribution is -0.122. The molecule has 98 valence electrons. The van der Waals surface area contributed by atoms with Crippen LogP contribution in [0.25, 0.3) is 0 Å². The van der Waals surface area contributed by atoms with Gasteiger partial charge in [-0.05, 0) is 37.6 Å². The number of hydrogen-bond donors (Lipinski definition) is 2. The van der Waals surface area contributed by atoms with Gasteiger partial charge in [0.15, 0.2) is 0 Å². The van der Waals surface area contributed by atoms with Crippen LogP contribution in [0.3, 0.4) is 0 Å². The van der Waals surface area contributed by atoms with Gasteiger partial charge in [0.1, 0.15) is 0 Å². The number of terminal acetylenes is 1. The van der Waals surface area contributed by atoms with E-state index in [1.165, 1.54) is 0 Å². The second-order valence-corrected chi connectivity index (χ2v) is 4.95. The Morgan fingerprint density at radius 1 is 1.41 bits per heavy atom. The molecule has 0 bridgehead atoms. The molecule has 0 aromatic carbocycles. The summed E-state index contributed by atoms with van der Waals surface area (Å²) in [6.07, 6.45) is 9.42. The van der Waals surface area contributed by atoms with Crippen LogP contribution in [0.2, 0.25) is 0 Å². The lowest BCUT2D eigenvalue weighted by Gasteiger charge is -2.16. The van der Waals surface area contributed by atoms with E-state index in [1.54, 1.807) is 0 Å². The third kappa shape index (κ3) is 9.89. The van der Waals surface area contributed by atoms with Crippen LogP contribution in [0, 0.1) is 24.2 Å². The standard InChI is InChI=1S/C14H26N2O/c1-4-5-6-7-8-16-14(17)10-13(11-15)9-12(2)3/h1,12-13H,5-11,15H2,2-3H3,(H,16,17)/t13-/m0/s1. The summed E-state index contributed by atoms with van der Waals surface area (Å²) >= 11 is 0. The Balaban J connectivity index is 3.65. The third-order valence-corrected chi connectivity index (χ3v) is 2.68. The van der Waals surface area contributed by atoms with Gasteiger partial charge in [0.2, 0.25) is 5.91 Å². The number of amides is 1. The second-order valence-electron chi connectivity index (χ2n) is 4.95. The fourth-order valence-electron chi connectivity index (χ4n) is 1.84. The van der Waals surface area contributed by atoms with Gasteiger partial charge in [-0.25, -0.2) is 0 Å². The molecule has 0 aliphatic rings. The number of nitrogens with two attached hydrogens (primary N) is 1. The smallest absolute Gasteiger partial charge is 0.220 e. The quantitative estimate of drug-likeness (QED) is 0.476. The normalized spacial score (nSPS) is 12.2. The van der Waals surface area contributed by atoms with Crippen molar-refractivity contribution in [2.24, 2.45) is 17.6 Å². The minimum atomic E-state index is 0.113. The molecule has 0 spiro atoms. The molecule has 0 fully saturated rings. The summed E-state index contributed by atoms with van der Waals surface area (Å²) < 4.78 is 0. The van der Waals surface area contributed by atoms with E-state index in [9.17, 15) is 4.79 Å². The van der Waals surface area contributed by atoms with Crippen LogP contribution in [0.5, 0.6) is 0 Å². The average Bonchev–Trinajstić information content (AvgIpc) is 2.27. The van der Waals surface area contributed by atoms with Crippen molar-refractivity contribution in [2.75, 3.05) is 13.1 Å². The topological polar surface area (TPSA) is 55.1 Å². The van der Waals surface area contributed by atoms with E-state index in [0.29, 0.717) is 24.8 Å². The first-order valence-corrected chi connectivity index (χ1v) is 6.50. The average molecular weight is 238 g/mol. The molecule has 0 aromatic heterocycles. The summed E-state index contributed by atoms with van der Waals surface area (Å²) in [5, 5.41) is 2.92. The van der Waals surface area contributed by atoms with Gasteiger partial charge in [-0.15, -0.1) is 12.3 Å². The Kier molecular flexibility index (Phi) is 9.56. The molecule has 0 aliphatic heterocycles. The Morgan fingerprint density at radius 3 is 2.65 bits per heavy atom. The molecule has 3 heteroatoms. The zero-order valence-corrected chi connectivity index (χ0v) is 11.2. The Labute approximate surface area is 106 Å². The molecule has 17 heavy (non-hydrogen) atoms. The maximum Gasteiger partial charge on any atom is 0.220 e. The maximum absolute atomic E-state index is 11.6. The molecule has 0 rings (SSSR count). The van der Waals surface area contributed by atoms with E-state index >= 15 is 0 Å². The van der Waals surface area contributed by atoms with Gasteiger partial charge in [0.05, 0.1) is 0 Å². The van der Waals surface area contributed by atoms with Crippen LogP contribution in [-0.4, -0.2) is 19.0 Å². The predicted molar refractivity (Wildman–Crippen MR) is 72.3 cm³/mol. The van der Waals surface area contributed by atoms with Crippen LogP contribution >= 0.6 is 0 Å². The lowest BCUT2D eigenvalue weighted by Crippen LogP contribution is -2.29. The van der Waals surface area contributed by atoms with Crippen LogP contribution in [0.1, 0.15) is 46.0 Å². The first-order chi connectivity index (χ1) is 8.10. The first-order valence-electron chi connectivity index (χ1n) is 6.50. The van der Waals surface area contributed by atoms with Crippen molar-refractivity contribution < 1.29 is 4.79 Å². The van der Waals surface area contributed by atoms with Crippen LogP contribution in [0.15, 0.2) is 0 Å². The van der Waals surface area contributed by atoms with E-state index in [0.717, 1.165) is 32.2 Å². The molecule has 0 saturated heterocycles. The molecule has 3 nitrogen and oxygen atoms in total. The van der Waals surface area contributed by atoms with Gasteiger partial charge in [-0.3, -0.25) is 4.79 Å². The lowest BCUT2D eigenvalue weighted by atomic mass is 9.94. The van der Waals surface area contributed by atoms with Crippen molar-refractivity contribution in [3.63, 3.8) is 0 Å². The molecule has 0 aromatic rings. The number of carbonyl (C=O) groups is 1. The first kappa shape index (κ1) is 16.0. The number of rotatable bonds is 9. The van der Waals surface area contributed by atoms with Gasteiger partial charge in [-0.1, -0.05) is 13.8 Å². The zero-order chi connectivity index (χ0) is 13.1. The molecule has 0 radical (unpaired) electrons. The molecule has 0 aliphatic carbocycles. The van der Waals surface area contributed by atoms with Crippen molar-refractivity contribution in [1.29, 1.82) is 0 Å². The van der Waals surface area contributed by atoms with Gasteiger partial charge in [-0.2, -0.15) is 0 Å². The van der Waals surface area contributed by atoms with Gasteiger partial charge in [0, 0.05) is 19.4 Å². The number of nitrogens with one attached hydrogen (secondary N) is 1. The molecule has 0 saturated carbocycles. The Bertz CT molecular complexity index is 243. The van der Waals surface area contributed by atoms with Crippen molar-refractivity contribution in [3.05, 3.63) is 0 Å². The van der Waals surface area contributed by atoms with E-state index in [4.69, 9.17) is 12.2 Å². The Morgan fingerprint density at radius 2 is 2.12 bits per heavy atom. The third-order valence-electron chi connectivity index (χ3n) is 2.68. The Hall–Kier alpha value is -1.01.